The molecule has 8 nitrogen and oxygen atoms in total. The van der Waals surface area contributed by atoms with Crippen molar-refractivity contribution < 1.29 is 19.0 Å². The predicted molar refractivity (Wildman–Crippen MR) is 174 cm³/mol. The van der Waals surface area contributed by atoms with Gasteiger partial charge in [0.25, 0.3) is 0 Å². The molecule has 1 N–H and O–H groups in total. The number of nitrogens with one attached hydrogen (secondary N) is 1. The normalized spacial score (nSPS) is 16.0. The lowest BCUT2D eigenvalue weighted by atomic mass is 9.96. The minimum Gasteiger partial charge on any atom is -0.497 e. The van der Waals surface area contributed by atoms with Gasteiger partial charge in [-0.05, 0) is 117 Å². The predicted octanol–water partition coefficient (Wildman–Crippen LogP) is 7.25. The van der Waals surface area contributed by atoms with Crippen LogP contribution in [0.3, 0.4) is 0 Å². The summed E-state index contributed by atoms with van der Waals surface area (Å²) < 4.78 is 18.4. The van der Waals surface area contributed by atoms with Gasteiger partial charge in [-0.2, -0.15) is 0 Å². The molecule has 1 fully saturated rings. The summed E-state index contributed by atoms with van der Waals surface area (Å²) in [4.78, 5) is 19.1. The number of pyridine rings is 1. The Morgan fingerprint density at radius 1 is 0.841 bits per heavy atom. The highest BCUT2D eigenvalue weighted by Gasteiger charge is 2.42. The summed E-state index contributed by atoms with van der Waals surface area (Å²) in [6.07, 6.45) is 1.80. The van der Waals surface area contributed by atoms with E-state index in [1.807, 2.05) is 84.9 Å². The Bertz CT molecular complexity index is 1800. The number of carbonyl (C=O) groups is 1. The zero-order chi connectivity index (χ0) is 30.8. The third-order valence-corrected chi connectivity index (χ3v) is 8.14. The smallest absolute Gasteiger partial charge is 0.337 e. The Kier molecular flexibility index (Phi) is 8.04. The van der Waals surface area contributed by atoms with Crippen LogP contribution in [0, 0.1) is 13.8 Å². The quantitative estimate of drug-likeness (QED) is 0.147. The standard InChI is InChI=1S/C35H32N4O4S/c1-22-20-30(23(2)38(22)26-9-7-8-24(21-26)34(40)42-4)33-32(31-10-5-6-19-36-31)37-35(44)39(33)25-11-13-28(14-12-25)43-29-17-15-27(41-3)16-18-29/h5-21,32-33H,1-4H3,(H,37,44)/t32-,33+/m0/s1. The Morgan fingerprint density at radius 3 is 2.20 bits per heavy atom. The number of carbonyl (C=O) groups excluding carboxylic acids is 1. The maximum atomic E-state index is 12.3. The molecule has 44 heavy (non-hydrogen) atoms. The van der Waals surface area contributed by atoms with Gasteiger partial charge in [0.2, 0.25) is 0 Å². The molecule has 3 heterocycles. The van der Waals surface area contributed by atoms with Crippen LogP contribution in [-0.4, -0.2) is 34.9 Å². The van der Waals surface area contributed by atoms with E-state index in [9.17, 15) is 4.79 Å². The molecule has 0 saturated carbocycles. The van der Waals surface area contributed by atoms with Crippen LogP contribution >= 0.6 is 12.2 Å². The highest BCUT2D eigenvalue weighted by Crippen LogP contribution is 2.44. The Labute approximate surface area is 261 Å². The number of ether oxygens (including phenoxy) is 3. The first kappa shape index (κ1) is 28.9. The van der Waals surface area contributed by atoms with Crippen molar-refractivity contribution >= 4 is 29.0 Å². The summed E-state index contributed by atoms with van der Waals surface area (Å²) in [5.74, 6) is 1.82. The summed E-state index contributed by atoms with van der Waals surface area (Å²) in [5.41, 5.74) is 6.33. The molecule has 1 aliphatic rings. The minimum atomic E-state index is -0.374. The first-order chi connectivity index (χ1) is 21.4. The maximum absolute atomic E-state index is 12.3. The van der Waals surface area contributed by atoms with E-state index in [0.717, 1.165) is 39.8 Å². The van der Waals surface area contributed by atoms with Crippen LogP contribution in [0.25, 0.3) is 5.69 Å². The first-order valence-electron chi connectivity index (χ1n) is 14.2. The number of nitrogens with zero attached hydrogens (tertiary/aromatic N) is 3. The molecule has 2 atom stereocenters. The fourth-order valence-corrected chi connectivity index (χ4v) is 6.12. The van der Waals surface area contributed by atoms with Crippen LogP contribution in [-0.2, 0) is 4.74 Å². The summed E-state index contributed by atoms with van der Waals surface area (Å²) >= 11 is 5.96. The summed E-state index contributed by atoms with van der Waals surface area (Å²) in [7, 11) is 3.03. The number of rotatable bonds is 8. The van der Waals surface area contributed by atoms with Gasteiger partial charge in [0, 0.05) is 29.0 Å². The number of anilines is 1. The number of benzene rings is 3. The van der Waals surface area contributed by atoms with E-state index in [4.69, 9.17) is 31.4 Å². The van der Waals surface area contributed by atoms with Gasteiger partial charge in [-0.1, -0.05) is 12.1 Å². The number of aromatic nitrogens is 2. The van der Waals surface area contributed by atoms with Crippen LogP contribution in [0.15, 0.2) is 103 Å². The zero-order valence-corrected chi connectivity index (χ0v) is 25.7. The van der Waals surface area contributed by atoms with Gasteiger partial charge in [-0.3, -0.25) is 4.98 Å². The number of thiocarbonyl (C=S) groups is 1. The van der Waals surface area contributed by atoms with E-state index >= 15 is 0 Å². The van der Waals surface area contributed by atoms with Crippen LogP contribution in [0.1, 0.15) is 45.1 Å². The molecule has 3 aromatic carbocycles. The number of hydrogen-bond donors (Lipinski definition) is 1. The highest BCUT2D eigenvalue weighted by molar-refractivity contribution is 7.80. The molecule has 0 spiro atoms. The summed E-state index contributed by atoms with van der Waals surface area (Å²) in [6.45, 7) is 4.15. The molecule has 6 rings (SSSR count). The van der Waals surface area contributed by atoms with Gasteiger partial charge in [0.15, 0.2) is 5.11 Å². The highest BCUT2D eigenvalue weighted by atomic mass is 32.1. The van der Waals surface area contributed by atoms with Crippen molar-refractivity contribution in [3.05, 3.63) is 131 Å². The van der Waals surface area contributed by atoms with E-state index < -0.39 is 0 Å². The van der Waals surface area contributed by atoms with Gasteiger partial charge >= 0.3 is 5.97 Å². The van der Waals surface area contributed by atoms with Crippen molar-refractivity contribution in [2.24, 2.45) is 0 Å². The van der Waals surface area contributed by atoms with Gasteiger partial charge in [-0.25, -0.2) is 4.79 Å². The van der Waals surface area contributed by atoms with Crippen LogP contribution < -0.4 is 19.7 Å². The number of aryl methyl sites for hydroxylation is 1. The lowest BCUT2D eigenvalue weighted by Gasteiger charge is -2.28. The Balaban J connectivity index is 1.39. The Hall–Kier alpha value is -5.15. The molecular formula is C35H32N4O4S. The summed E-state index contributed by atoms with van der Waals surface area (Å²) in [6, 6.07) is 30.5. The molecule has 9 heteroatoms. The van der Waals surface area contributed by atoms with Crippen LogP contribution in [0.5, 0.6) is 17.2 Å². The van der Waals surface area contributed by atoms with E-state index in [2.05, 4.69) is 34.7 Å². The van der Waals surface area contributed by atoms with Crippen molar-refractivity contribution in [1.29, 1.82) is 0 Å². The number of methoxy groups -OCH3 is 2. The van der Waals surface area contributed by atoms with Crippen molar-refractivity contribution in [2.75, 3.05) is 19.1 Å². The Morgan fingerprint density at radius 2 is 1.55 bits per heavy atom. The maximum Gasteiger partial charge on any atom is 0.337 e. The monoisotopic (exact) mass is 604 g/mol. The fourth-order valence-electron chi connectivity index (χ4n) is 5.78. The third-order valence-electron chi connectivity index (χ3n) is 7.82. The molecule has 0 amide bonds. The van der Waals surface area contributed by atoms with Gasteiger partial charge in [-0.15, -0.1) is 0 Å². The van der Waals surface area contributed by atoms with Crippen molar-refractivity contribution in [1.82, 2.24) is 14.9 Å². The van der Waals surface area contributed by atoms with Crippen LogP contribution in [0.4, 0.5) is 5.69 Å². The molecule has 0 aliphatic carbocycles. The summed E-state index contributed by atoms with van der Waals surface area (Å²) in [5, 5.41) is 4.14. The third kappa shape index (κ3) is 5.49. The van der Waals surface area contributed by atoms with E-state index in [1.165, 1.54) is 7.11 Å². The van der Waals surface area contributed by atoms with Crippen LogP contribution in [0.2, 0.25) is 0 Å². The molecule has 222 valence electrons. The zero-order valence-electron chi connectivity index (χ0n) is 24.9. The van der Waals surface area contributed by atoms with E-state index in [1.54, 1.807) is 19.4 Å². The largest absolute Gasteiger partial charge is 0.497 e. The molecule has 2 aromatic heterocycles. The fraction of sp³-hybridized carbons (Fsp3) is 0.171. The van der Waals surface area contributed by atoms with E-state index in [0.29, 0.717) is 22.2 Å². The van der Waals surface area contributed by atoms with Crippen molar-refractivity contribution in [3.8, 4) is 22.9 Å². The van der Waals surface area contributed by atoms with Gasteiger partial charge < -0.3 is 29.0 Å². The second-order valence-electron chi connectivity index (χ2n) is 10.5. The average molecular weight is 605 g/mol. The lowest BCUT2D eigenvalue weighted by Crippen LogP contribution is -2.29. The second-order valence-corrected chi connectivity index (χ2v) is 10.9. The lowest BCUT2D eigenvalue weighted by molar-refractivity contribution is 0.0600. The topological polar surface area (TPSA) is 77.9 Å². The molecule has 0 bridgehead atoms. The SMILES string of the molecule is COC(=O)c1cccc(-n2c(C)cc([C@@H]3[C@H](c4ccccn4)NC(=S)N3c3ccc(Oc4ccc(OC)cc4)cc3)c2C)c1. The van der Waals surface area contributed by atoms with Crippen molar-refractivity contribution in [3.63, 3.8) is 0 Å². The van der Waals surface area contributed by atoms with Gasteiger partial charge in [0.1, 0.15) is 17.2 Å². The molecule has 5 aromatic rings. The number of esters is 1. The molecule has 0 radical (unpaired) electrons. The van der Waals surface area contributed by atoms with Crippen molar-refractivity contribution in [2.45, 2.75) is 25.9 Å². The van der Waals surface area contributed by atoms with Gasteiger partial charge in [0.05, 0.1) is 37.6 Å². The molecule has 1 saturated heterocycles. The second kappa shape index (κ2) is 12.2. The number of hydrogen-bond acceptors (Lipinski definition) is 6. The first-order valence-corrected chi connectivity index (χ1v) is 14.6. The van der Waals surface area contributed by atoms with E-state index in [-0.39, 0.29) is 18.1 Å². The molecular weight excluding hydrogens is 572 g/mol. The molecule has 0 unspecified atom stereocenters. The minimum absolute atomic E-state index is 0.200. The molecule has 1 aliphatic heterocycles. The average Bonchev–Trinajstić information content (AvgIpc) is 3.56.